The van der Waals surface area contributed by atoms with Gasteiger partial charge in [0.2, 0.25) is 0 Å². The summed E-state index contributed by atoms with van der Waals surface area (Å²) in [6, 6.07) is 6.20. The zero-order valence-electron chi connectivity index (χ0n) is 15.9. The summed E-state index contributed by atoms with van der Waals surface area (Å²) >= 11 is 0. The van der Waals surface area contributed by atoms with E-state index in [0.717, 1.165) is 16.9 Å². The van der Waals surface area contributed by atoms with Crippen molar-refractivity contribution in [1.82, 2.24) is 4.90 Å². The van der Waals surface area contributed by atoms with Crippen molar-refractivity contribution in [3.63, 3.8) is 0 Å². The van der Waals surface area contributed by atoms with Crippen LogP contribution >= 0.6 is 0 Å². The van der Waals surface area contributed by atoms with Gasteiger partial charge >= 0.3 is 0 Å². The van der Waals surface area contributed by atoms with Gasteiger partial charge in [-0.3, -0.25) is 0 Å². The van der Waals surface area contributed by atoms with Gasteiger partial charge in [0.25, 0.3) is 0 Å². The summed E-state index contributed by atoms with van der Waals surface area (Å²) in [5.74, 6) is 0.863. The standard InChI is InChI=1S/C11H13N.C11H16O2/c1-9-7-10-5-3-4-6-11(8-10)12(9)2;1-8(2)13-11-6-10(7-12)5-4-9(11)3/h3-8,11H,1-2H3;4-6,8,12H,7H2,1-3H3. The van der Waals surface area contributed by atoms with Crippen LogP contribution in [0.4, 0.5) is 0 Å². The predicted octanol–water partition coefficient (Wildman–Crippen LogP) is 4.53. The van der Waals surface area contributed by atoms with Crippen molar-refractivity contribution < 1.29 is 9.84 Å². The van der Waals surface area contributed by atoms with Crippen LogP contribution in [0.15, 0.2) is 65.9 Å². The van der Waals surface area contributed by atoms with Crippen LogP contribution in [0.5, 0.6) is 5.75 Å². The zero-order chi connectivity index (χ0) is 18.4. The van der Waals surface area contributed by atoms with E-state index in [1.165, 1.54) is 11.3 Å². The molecule has 2 aliphatic rings. The second kappa shape index (κ2) is 8.72. The molecule has 0 radical (unpaired) electrons. The molecule has 1 unspecified atom stereocenters. The molecule has 25 heavy (non-hydrogen) atoms. The van der Waals surface area contributed by atoms with Crippen molar-refractivity contribution in [2.24, 2.45) is 0 Å². The van der Waals surface area contributed by atoms with E-state index in [-0.39, 0.29) is 12.7 Å². The summed E-state index contributed by atoms with van der Waals surface area (Å²) in [6.07, 6.45) is 13.2. The van der Waals surface area contributed by atoms with Crippen LogP contribution < -0.4 is 4.74 Å². The van der Waals surface area contributed by atoms with Crippen molar-refractivity contribution in [3.05, 3.63) is 77.1 Å². The van der Waals surface area contributed by atoms with E-state index >= 15 is 0 Å². The SMILES string of the molecule is CC1=CC2=CC(C=CC=C2)N1C.Cc1ccc(CO)cc1OC(C)C. The van der Waals surface area contributed by atoms with E-state index in [0.29, 0.717) is 6.04 Å². The third-order valence-electron chi connectivity index (χ3n) is 4.25. The molecule has 1 atom stereocenters. The first kappa shape index (κ1) is 19.1. The van der Waals surface area contributed by atoms with Gasteiger partial charge in [0.05, 0.1) is 18.8 Å². The molecule has 0 spiro atoms. The lowest BCUT2D eigenvalue weighted by Gasteiger charge is -2.29. The average molecular weight is 339 g/mol. The number of ether oxygens (including phenoxy) is 1. The molecule has 0 fully saturated rings. The Balaban J connectivity index is 0.000000181. The quantitative estimate of drug-likeness (QED) is 0.878. The number of benzene rings is 1. The molecule has 0 aromatic heterocycles. The van der Waals surface area contributed by atoms with Gasteiger partial charge in [-0.25, -0.2) is 0 Å². The number of aryl methyl sites for hydroxylation is 1. The summed E-state index contributed by atoms with van der Waals surface area (Å²) in [5, 5.41) is 8.93. The molecule has 3 nitrogen and oxygen atoms in total. The number of allylic oxidation sites excluding steroid dienone is 6. The number of aliphatic hydroxyl groups excluding tert-OH is 1. The summed E-state index contributed by atoms with van der Waals surface area (Å²) in [4.78, 5) is 2.27. The number of hydrogen-bond donors (Lipinski definition) is 1. The summed E-state index contributed by atoms with van der Waals surface area (Å²) in [5.41, 5.74) is 4.64. The fourth-order valence-electron chi connectivity index (χ4n) is 2.69. The molecule has 1 N–H and O–H groups in total. The van der Waals surface area contributed by atoms with Crippen LogP contribution in [0, 0.1) is 6.92 Å². The van der Waals surface area contributed by atoms with Gasteiger partial charge in [0.15, 0.2) is 0 Å². The molecule has 3 heteroatoms. The van der Waals surface area contributed by atoms with Gasteiger partial charge < -0.3 is 14.7 Å². The van der Waals surface area contributed by atoms with E-state index in [1.54, 1.807) is 0 Å². The Bertz CT molecular complexity index is 711. The Kier molecular flexibility index (Phi) is 6.65. The second-order valence-corrected chi connectivity index (χ2v) is 6.72. The second-order valence-electron chi connectivity index (χ2n) is 6.72. The summed E-state index contributed by atoms with van der Waals surface area (Å²) < 4.78 is 5.58. The number of aliphatic hydroxyl groups is 1. The Hall–Kier alpha value is -2.26. The van der Waals surface area contributed by atoms with E-state index < -0.39 is 0 Å². The molecule has 1 aliphatic carbocycles. The summed E-state index contributed by atoms with van der Waals surface area (Å²) in [7, 11) is 2.12. The molecule has 1 aromatic rings. The van der Waals surface area contributed by atoms with Crippen LogP contribution in [0.2, 0.25) is 0 Å². The number of nitrogens with zero attached hydrogens (tertiary/aromatic N) is 1. The fraction of sp³-hybridized carbons (Fsp3) is 0.364. The highest BCUT2D eigenvalue weighted by Crippen LogP contribution is 2.22. The number of fused-ring (bicyclic) bond motifs is 1. The minimum Gasteiger partial charge on any atom is -0.491 e. The maximum absolute atomic E-state index is 8.93. The molecule has 1 aliphatic heterocycles. The smallest absolute Gasteiger partial charge is 0.122 e. The molecule has 2 bridgehead atoms. The fourth-order valence-corrected chi connectivity index (χ4v) is 2.69. The molecule has 0 saturated carbocycles. The number of rotatable bonds is 3. The first-order valence-corrected chi connectivity index (χ1v) is 8.75. The van der Waals surface area contributed by atoms with Crippen molar-refractivity contribution in [2.45, 2.75) is 46.4 Å². The predicted molar refractivity (Wildman–Crippen MR) is 105 cm³/mol. The Morgan fingerprint density at radius 2 is 1.96 bits per heavy atom. The van der Waals surface area contributed by atoms with Gasteiger partial charge in [-0.1, -0.05) is 42.5 Å². The molecular weight excluding hydrogens is 310 g/mol. The van der Waals surface area contributed by atoms with Gasteiger partial charge in [0, 0.05) is 12.7 Å². The van der Waals surface area contributed by atoms with E-state index in [1.807, 2.05) is 39.0 Å². The van der Waals surface area contributed by atoms with Crippen molar-refractivity contribution in [1.29, 1.82) is 0 Å². The van der Waals surface area contributed by atoms with E-state index in [9.17, 15) is 0 Å². The van der Waals surface area contributed by atoms with Gasteiger partial charge in [0.1, 0.15) is 5.75 Å². The highest BCUT2D eigenvalue weighted by molar-refractivity contribution is 5.42. The third kappa shape index (κ3) is 5.36. The highest BCUT2D eigenvalue weighted by atomic mass is 16.5. The van der Waals surface area contributed by atoms with E-state index in [2.05, 4.69) is 55.3 Å². The minimum atomic E-state index is 0.0642. The number of likely N-dealkylation sites (N-methyl/N-ethyl adjacent to an activating group) is 1. The van der Waals surface area contributed by atoms with Crippen LogP contribution in [0.25, 0.3) is 0 Å². The van der Waals surface area contributed by atoms with Crippen molar-refractivity contribution in [2.75, 3.05) is 7.05 Å². The Morgan fingerprint density at radius 3 is 2.64 bits per heavy atom. The topological polar surface area (TPSA) is 32.7 Å². The molecular formula is C22H29NO2. The van der Waals surface area contributed by atoms with Crippen LogP contribution in [0.1, 0.15) is 31.9 Å². The average Bonchev–Trinajstić information content (AvgIpc) is 2.78. The van der Waals surface area contributed by atoms with Crippen molar-refractivity contribution in [3.8, 4) is 5.75 Å². The lowest BCUT2D eigenvalue weighted by atomic mass is 10.1. The zero-order valence-corrected chi connectivity index (χ0v) is 15.9. The molecule has 1 aromatic carbocycles. The lowest BCUT2D eigenvalue weighted by molar-refractivity contribution is 0.238. The van der Waals surface area contributed by atoms with Crippen LogP contribution in [-0.4, -0.2) is 29.2 Å². The van der Waals surface area contributed by atoms with E-state index in [4.69, 9.17) is 9.84 Å². The molecule has 3 rings (SSSR count). The van der Waals surface area contributed by atoms with Gasteiger partial charge in [-0.2, -0.15) is 0 Å². The first-order chi connectivity index (χ1) is 11.9. The molecule has 1 heterocycles. The molecule has 0 amide bonds. The lowest BCUT2D eigenvalue weighted by Crippen LogP contribution is -2.28. The largest absolute Gasteiger partial charge is 0.491 e. The number of hydrogen-bond acceptors (Lipinski definition) is 3. The Morgan fingerprint density at radius 1 is 1.20 bits per heavy atom. The van der Waals surface area contributed by atoms with Crippen molar-refractivity contribution >= 4 is 0 Å². The van der Waals surface area contributed by atoms with Crippen LogP contribution in [-0.2, 0) is 6.61 Å². The normalized spacial score (nSPS) is 18.2. The summed E-state index contributed by atoms with van der Waals surface area (Å²) in [6.45, 7) is 8.19. The van der Waals surface area contributed by atoms with Gasteiger partial charge in [-0.05, 0) is 56.5 Å². The maximum atomic E-state index is 8.93. The van der Waals surface area contributed by atoms with Gasteiger partial charge in [-0.15, -0.1) is 0 Å². The highest BCUT2D eigenvalue weighted by Gasteiger charge is 2.14. The minimum absolute atomic E-state index is 0.0642. The maximum Gasteiger partial charge on any atom is 0.122 e. The Labute approximate surface area is 151 Å². The first-order valence-electron chi connectivity index (χ1n) is 8.75. The molecule has 0 saturated heterocycles. The third-order valence-corrected chi connectivity index (χ3v) is 4.25. The molecule has 134 valence electrons. The van der Waals surface area contributed by atoms with Crippen LogP contribution in [0.3, 0.4) is 0 Å². The monoisotopic (exact) mass is 339 g/mol.